The average molecular weight is 1080 g/mol. The molecule has 0 heterocycles. The van der Waals surface area contributed by atoms with Gasteiger partial charge in [-0.25, -0.2) is 0 Å². The molecule has 6 nitrogen and oxygen atoms in total. The summed E-state index contributed by atoms with van der Waals surface area (Å²) in [4.78, 5) is 38.0. The predicted octanol–water partition coefficient (Wildman–Crippen LogP) is 21.7. The van der Waals surface area contributed by atoms with E-state index in [0.29, 0.717) is 19.3 Å². The van der Waals surface area contributed by atoms with Gasteiger partial charge in [0.05, 0.1) is 0 Å². The fourth-order valence-electron chi connectivity index (χ4n) is 8.14. The van der Waals surface area contributed by atoms with Gasteiger partial charge in [-0.05, 0) is 122 Å². The van der Waals surface area contributed by atoms with Crippen molar-refractivity contribution in [1.82, 2.24) is 0 Å². The van der Waals surface area contributed by atoms with E-state index in [-0.39, 0.29) is 37.5 Å². The Morgan fingerprint density at radius 3 is 0.821 bits per heavy atom. The maximum absolute atomic E-state index is 12.8. The van der Waals surface area contributed by atoms with Crippen LogP contribution in [-0.4, -0.2) is 37.2 Å². The molecule has 0 saturated carbocycles. The normalized spacial score (nSPS) is 13.2. The van der Waals surface area contributed by atoms with E-state index in [2.05, 4.69) is 179 Å². The van der Waals surface area contributed by atoms with Crippen molar-refractivity contribution in [2.45, 2.75) is 264 Å². The lowest BCUT2D eigenvalue weighted by Gasteiger charge is -2.18. The summed E-state index contributed by atoms with van der Waals surface area (Å²) in [5.74, 6) is -0.983. The van der Waals surface area contributed by atoms with Crippen LogP contribution in [-0.2, 0) is 28.6 Å². The van der Waals surface area contributed by atoms with Crippen LogP contribution in [0.5, 0.6) is 0 Å². The molecule has 0 aromatic heterocycles. The molecular formula is C72H114O6. The topological polar surface area (TPSA) is 78.9 Å². The Morgan fingerprint density at radius 1 is 0.269 bits per heavy atom. The smallest absolute Gasteiger partial charge is 0.306 e. The summed E-state index contributed by atoms with van der Waals surface area (Å²) in [6.07, 6.45) is 94.3. The van der Waals surface area contributed by atoms with Gasteiger partial charge in [-0.1, -0.05) is 275 Å². The van der Waals surface area contributed by atoms with Crippen LogP contribution in [0, 0.1) is 0 Å². The van der Waals surface area contributed by atoms with Crippen molar-refractivity contribution in [3.63, 3.8) is 0 Å². The number of ether oxygens (including phenoxy) is 3. The third-order valence-electron chi connectivity index (χ3n) is 12.8. The third-order valence-corrected chi connectivity index (χ3v) is 12.8. The second-order valence-electron chi connectivity index (χ2n) is 20.2. The Labute approximate surface area is 480 Å². The minimum absolute atomic E-state index is 0.107. The van der Waals surface area contributed by atoms with E-state index in [1.165, 1.54) is 83.5 Å². The van der Waals surface area contributed by atoms with E-state index >= 15 is 0 Å². The van der Waals surface area contributed by atoms with Gasteiger partial charge < -0.3 is 14.2 Å². The molecular weight excluding hydrogens is 961 g/mol. The first-order chi connectivity index (χ1) is 38.5. The lowest BCUT2D eigenvalue weighted by atomic mass is 10.0. The number of esters is 3. The molecule has 1 atom stereocenters. The van der Waals surface area contributed by atoms with E-state index in [1.807, 2.05) is 0 Å². The number of hydrogen-bond acceptors (Lipinski definition) is 6. The van der Waals surface area contributed by atoms with Gasteiger partial charge in [0.2, 0.25) is 0 Å². The van der Waals surface area contributed by atoms with E-state index in [0.717, 1.165) is 128 Å². The summed E-state index contributed by atoms with van der Waals surface area (Å²) in [7, 11) is 0. The lowest BCUT2D eigenvalue weighted by Crippen LogP contribution is -2.30. The fraction of sp³-hybridized carbons (Fsp3) is 0.597. The largest absolute Gasteiger partial charge is 0.462 e. The molecule has 0 aromatic rings. The molecule has 0 aliphatic heterocycles. The molecule has 0 spiro atoms. The van der Waals surface area contributed by atoms with Crippen molar-refractivity contribution in [2.75, 3.05) is 13.2 Å². The summed E-state index contributed by atoms with van der Waals surface area (Å²) in [6, 6.07) is 0. The highest BCUT2D eigenvalue weighted by Gasteiger charge is 2.19. The SMILES string of the molecule is CC/C=C\C/C=C\C/C=C\C/C=C\C/C=C\C/C=C\C/C=C\CCCC(=O)OC(COC(=O)CCCCCCCC)COC(=O)CCCCCCCCCCCCCC/C=C\C/C=C\C/C=C\C/C=C\C/C=C\C/C=C\CC. The molecule has 78 heavy (non-hydrogen) atoms. The molecule has 0 amide bonds. The highest BCUT2D eigenvalue weighted by Crippen LogP contribution is 2.15. The second kappa shape index (κ2) is 64.6. The van der Waals surface area contributed by atoms with Gasteiger partial charge in [0, 0.05) is 19.3 Å². The molecule has 6 heteroatoms. The summed E-state index contributed by atoms with van der Waals surface area (Å²) < 4.78 is 16.7. The van der Waals surface area contributed by atoms with E-state index in [1.54, 1.807) is 0 Å². The van der Waals surface area contributed by atoms with Gasteiger partial charge >= 0.3 is 17.9 Å². The molecule has 0 aromatic carbocycles. The van der Waals surface area contributed by atoms with Gasteiger partial charge in [0.1, 0.15) is 13.2 Å². The predicted molar refractivity (Wildman–Crippen MR) is 338 cm³/mol. The first kappa shape index (κ1) is 73.0. The summed E-state index contributed by atoms with van der Waals surface area (Å²) in [5, 5.41) is 0. The zero-order valence-electron chi connectivity index (χ0n) is 50.1. The zero-order chi connectivity index (χ0) is 56.4. The highest BCUT2D eigenvalue weighted by atomic mass is 16.6. The van der Waals surface area contributed by atoms with Crippen molar-refractivity contribution in [1.29, 1.82) is 0 Å². The summed E-state index contributed by atoms with van der Waals surface area (Å²) in [5.41, 5.74) is 0. The van der Waals surface area contributed by atoms with Crippen LogP contribution < -0.4 is 0 Å². The summed E-state index contributed by atoms with van der Waals surface area (Å²) >= 11 is 0. The number of carbonyl (C=O) groups excluding carboxylic acids is 3. The number of hydrogen-bond donors (Lipinski definition) is 0. The monoisotopic (exact) mass is 1070 g/mol. The number of carbonyl (C=O) groups is 3. The first-order valence-electron chi connectivity index (χ1n) is 31.5. The van der Waals surface area contributed by atoms with Crippen molar-refractivity contribution >= 4 is 17.9 Å². The molecule has 0 fully saturated rings. The molecule has 1 unspecified atom stereocenters. The zero-order valence-corrected chi connectivity index (χ0v) is 50.1. The third kappa shape index (κ3) is 61.9. The fourth-order valence-corrected chi connectivity index (χ4v) is 8.14. The van der Waals surface area contributed by atoms with Crippen LogP contribution in [0.3, 0.4) is 0 Å². The Bertz CT molecular complexity index is 1760. The standard InChI is InChI=1S/C72H114O6/c1-4-7-10-13-16-18-20-22-24-26-28-30-32-33-34-35-36-37-38-39-41-42-44-46-48-50-52-54-56-59-62-65-71(74)77-68-69(67-76-70(73)64-61-58-15-12-9-6-3)78-72(75)66-63-60-57-55-53-51-49-47-45-43-40-31-29-27-25-23-21-19-17-14-11-8-5-2/h7-8,10-11,16-19,22-25,28-31,33-34,36-37,43,45,49,51,55,57,69H,4-6,9,12-15,20-21,26-27,32,35,38-42,44,46-48,50,52-54,56,58-68H2,1-3H3/b10-7-,11-8-,18-16-,19-17-,24-22-,25-23-,30-28-,31-29-,34-33-,37-36-,45-43-,51-49-,57-55-. The molecule has 0 N–H and O–H groups in total. The van der Waals surface area contributed by atoms with Gasteiger partial charge in [0.25, 0.3) is 0 Å². The van der Waals surface area contributed by atoms with Crippen molar-refractivity contribution in [3.8, 4) is 0 Å². The summed E-state index contributed by atoms with van der Waals surface area (Å²) in [6.45, 7) is 6.29. The first-order valence-corrected chi connectivity index (χ1v) is 31.5. The minimum Gasteiger partial charge on any atom is -0.462 e. The second-order valence-corrected chi connectivity index (χ2v) is 20.2. The van der Waals surface area contributed by atoms with Crippen LogP contribution in [0.15, 0.2) is 158 Å². The number of rotatable bonds is 55. The Morgan fingerprint density at radius 2 is 0.513 bits per heavy atom. The Kier molecular flexibility index (Phi) is 60.4. The minimum atomic E-state index is -0.813. The van der Waals surface area contributed by atoms with Gasteiger partial charge in [-0.15, -0.1) is 0 Å². The van der Waals surface area contributed by atoms with Gasteiger partial charge in [-0.3, -0.25) is 14.4 Å². The molecule has 438 valence electrons. The number of allylic oxidation sites excluding steroid dienone is 26. The maximum Gasteiger partial charge on any atom is 0.306 e. The van der Waals surface area contributed by atoms with E-state index in [4.69, 9.17) is 14.2 Å². The Balaban J connectivity index is 4.20. The molecule has 0 bridgehead atoms. The quantitative estimate of drug-likeness (QED) is 0.0261. The van der Waals surface area contributed by atoms with Crippen LogP contribution in [0.25, 0.3) is 0 Å². The average Bonchev–Trinajstić information content (AvgIpc) is 3.44. The van der Waals surface area contributed by atoms with Crippen molar-refractivity contribution < 1.29 is 28.6 Å². The van der Waals surface area contributed by atoms with E-state index < -0.39 is 6.10 Å². The molecule has 0 radical (unpaired) electrons. The van der Waals surface area contributed by atoms with Crippen LogP contribution in [0.2, 0.25) is 0 Å². The Hall–Kier alpha value is -4.97. The number of unbranched alkanes of at least 4 members (excludes halogenated alkanes) is 18. The molecule has 0 saturated heterocycles. The van der Waals surface area contributed by atoms with Gasteiger partial charge in [-0.2, -0.15) is 0 Å². The van der Waals surface area contributed by atoms with Crippen LogP contribution in [0.1, 0.15) is 258 Å². The van der Waals surface area contributed by atoms with Crippen molar-refractivity contribution in [3.05, 3.63) is 158 Å². The van der Waals surface area contributed by atoms with Crippen molar-refractivity contribution in [2.24, 2.45) is 0 Å². The molecule has 0 aliphatic rings. The van der Waals surface area contributed by atoms with Crippen LogP contribution >= 0.6 is 0 Å². The molecule has 0 rings (SSSR count). The van der Waals surface area contributed by atoms with Gasteiger partial charge in [0.15, 0.2) is 6.10 Å². The molecule has 0 aliphatic carbocycles. The van der Waals surface area contributed by atoms with Crippen LogP contribution in [0.4, 0.5) is 0 Å². The lowest BCUT2D eigenvalue weighted by molar-refractivity contribution is -0.167. The van der Waals surface area contributed by atoms with E-state index in [9.17, 15) is 14.4 Å². The maximum atomic E-state index is 12.8. The highest BCUT2D eigenvalue weighted by molar-refractivity contribution is 5.71.